The first-order valence-corrected chi connectivity index (χ1v) is 4.58. The molecule has 0 radical (unpaired) electrons. The van der Waals surface area contributed by atoms with Crippen molar-refractivity contribution in [2.24, 2.45) is 0 Å². The lowest BCUT2D eigenvalue weighted by atomic mass is 10.4. The molecule has 5 nitrogen and oxygen atoms in total. The highest BCUT2D eigenvalue weighted by Gasteiger charge is 2.15. The minimum atomic E-state index is -0.322. The molecule has 0 aromatic heterocycles. The molecule has 0 saturated carbocycles. The second-order valence-electron chi connectivity index (χ2n) is 2.93. The first kappa shape index (κ1) is 10.3. The van der Waals surface area contributed by atoms with Crippen LogP contribution in [-0.2, 0) is 4.74 Å². The Labute approximate surface area is 77.7 Å². The van der Waals surface area contributed by atoms with Gasteiger partial charge in [0.1, 0.15) is 6.61 Å². The molecule has 0 aromatic carbocycles. The summed E-state index contributed by atoms with van der Waals surface area (Å²) in [6.07, 6.45) is 0.631. The van der Waals surface area contributed by atoms with E-state index >= 15 is 0 Å². The van der Waals surface area contributed by atoms with Crippen molar-refractivity contribution in [3.8, 4) is 0 Å². The fourth-order valence-electron chi connectivity index (χ4n) is 1.25. The van der Waals surface area contributed by atoms with Crippen molar-refractivity contribution in [1.29, 1.82) is 0 Å². The van der Waals surface area contributed by atoms with Crippen molar-refractivity contribution < 1.29 is 14.6 Å². The summed E-state index contributed by atoms with van der Waals surface area (Å²) in [6.45, 7) is 3.15. The molecule has 13 heavy (non-hydrogen) atoms. The van der Waals surface area contributed by atoms with Gasteiger partial charge in [-0.3, -0.25) is 0 Å². The van der Waals surface area contributed by atoms with Crippen LogP contribution in [-0.4, -0.2) is 55.5 Å². The van der Waals surface area contributed by atoms with E-state index in [9.17, 15) is 4.79 Å². The van der Waals surface area contributed by atoms with E-state index in [-0.39, 0.29) is 19.3 Å². The highest BCUT2D eigenvalue weighted by atomic mass is 16.6. The van der Waals surface area contributed by atoms with Crippen molar-refractivity contribution in [2.75, 3.05) is 39.4 Å². The molecule has 1 fully saturated rings. The van der Waals surface area contributed by atoms with Gasteiger partial charge in [-0.25, -0.2) is 4.79 Å². The van der Waals surface area contributed by atoms with E-state index in [0.29, 0.717) is 6.54 Å². The van der Waals surface area contributed by atoms with E-state index in [1.54, 1.807) is 4.90 Å². The number of carbonyl (C=O) groups is 1. The summed E-state index contributed by atoms with van der Waals surface area (Å²) in [6, 6.07) is 0. The van der Waals surface area contributed by atoms with Crippen molar-refractivity contribution in [1.82, 2.24) is 10.2 Å². The number of aliphatic hydroxyl groups is 1. The van der Waals surface area contributed by atoms with Crippen LogP contribution in [0, 0.1) is 0 Å². The zero-order chi connectivity index (χ0) is 9.52. The molecule has 0 bridgehead atoms. The number of nitrogens with zero attached hydrogens (tertiary/aromatic N) is 1. The first-order valence-electron chi connectivity index (χ1n) is 4.58. The minimum absolute atomic E-state index is 0.0861. The summed E-state index contributed by atoms with van der Waals surface area (Å²) in [5, 5.41) is 11.7. The molecule has 0 aromatic rings. The number of carbonyl (C=O) groups excluding carboxylic acids is 1. The molecule has 0 atom stereocenters. The Balaban J connectivity index is 2.26. The Kier molecular flexibility index (Phi) is 4.56. The van der Waals surface area contributed by atoms with Gasteiger partial charge in [0.25, 0.3) is 0 Å². The maximum atomic E-state index is 11.3. The predicted molar refractivity (Wildman–Crippen MR) is 47.5 cm³/mol. The van der Waals surface area contributed by atoms with Gasteiger partial charge in [0, 0.05) is 19.6 Å². The maximum Gasteiger partial charge on any atom is 0.409 e. The van der Waals surface area contributed by atoms with Gasteiger partial charge in [0.15, 0.2) is 0 Å². The summed E-state index contributed by atoms with van der Waals surface area (Å²) in [7, 11) is 0. The highest BCUT2D eigenvalue weighted by molar-refractivity contribution is 5.67. The van der Waals surface area contributed by atoms with Gasteiger partial charge in [-0.15, -0.1) is 0 Å². The number of hydrogen-bond donors (Lipinski definition) is 2. The molecule has 0 spiro atoms. The SMILES string of the molecule is O=C(OCCO)N1CCCNCC1. The lowest BCUT2D eigenvalue weighted by molar-refractivity contribution is 0.0860. The number of aliphatic hydroxyl groups excluding tert-OH is 1. The fourth-order valence-corrected chi connectivity index (χ4v) is 1.25. The standard InChI is InChI=1S/C8H16N2O3/c11-6-7-13-8(12)10-4-1-2-9-3-5-10/h9,11H,1-7H2. The molecule has 1 aliphatic heterocycles. The number of amides is 1. The van der Waals surface area contributed by atoms with Gasteiger partial charge in [-0.1, -0.05) is 0 Å². The molecule has 1 rings (SSSR count). The van der Waals surface area contributed by atoms with E-state index in [0.717, 1.165) is 26.1 Å². The van der Waals surface area contributed by atoms with Crippen LogP contribution in [0.5, 0.6) is 0 Å². The van der Waals surface area contributed by atoms with E-state index < -0.39 is 0 Å². The van der Waals surface area contributed by atoms with Crippen LogP contribution in [0.2, 0.25) is 0 Å². The number of rotatable bonds is 2. The van der Waals surface area contributed by atoms with Crippen molar-refractivity contribution in [3.63, 3.8) is 0 Å². The van der Waals surface area contributed by atoms with Crippen LogP contribution in [0.1, 0.15) is 6.42 Å². The number of hydrogen-bond acceptors (Lipinski definition) is 4. The number of ether oxygens (including phenoxy) is 1. The average Bonchev–Trinajstić information content (AvgIpc) is 2.42. The van der Waals surface area contributed by atoms with E-state index in [2.05, 4.69) is 5.32 Å². The molecule has 5 heteroatoms. The summed E-state index contributed by atoms with van der Waals surface area (Å²) < 4.78 is 4.80. The van der Waals surface area contributed by atoms with Crippen LogP contribution in [0.3, 0.4) is 0 Å². The highest BCUT2D eigenvalue weighted by Crippen LogP contribution is 1.98. The van der Waals surface area contributed by atoms with E-state index in [4.69, 9.17) is 9.84 Å². The fraction of sp³-hybridized carbons (Fsp3) is 0.875. The molecule has 2 N–H and O–H groups in total. The molecule has 1 heterocycles. The summed E-state index contributed by atoms with van der Waals surface area (Å²) in [5.74, 6) is 0. The van der Waals surface area contributed by atoms with Crippen molar-refractivity contribution >= 4 is 6.09 Å². The lowest BCUT2D eigenvalue weighted by Crippen LogP contribution is -2.35. The Bertz CT molecular complexity index is 155. The van der Waals surface area contributed by atoms with Gasteiger partial charge in [0.05, 0.1) is 6.61 Å². The van der Waals surface area contributed by atoms with Gasteiger partial charge in [-0.2, -0.15) is 0 Å². The van der Waals surface area contributed by atoms with Crippen LogP contribution in [0.25, 0.3) is 0 Å². The van der Waals surface area contributed by atoms with Gasteiger partial charge >= 0.3 is 6.09 Å². The third kappa shape index (κ3) is 3.61. The molecular formula is C8H16N2O3. The zero-order valence-electron chi connectivity index (χ0n) is 7.66. The second-order valence-corrected chi connectivity index (χ2v) is 2.93. The third-order valence-corrected chi connectivity index (χ3v) is 1.92. The molecule has 0 unspecified atom stereocenters. The van der Waals surface area contributed by atoms with Gasteiger partial charge in [0.2, 0.25) is 0 Å². The normalized spacial score (nSPS) is 18.1. The quantitative estimate of drug-likeness (QED) is 0.608. The Morgan fingerprint density at radius 3 is 3.08 bits per heavy atom. The zero-order valence-corrected chi connectivity index (χ0v) is 7.66. The van der Waals surface area contributed by atoms with Crippen LogP contribution in [0.15, 0.2) is 0 Å². The summed E-state index contributed by atoms with van der Waals surface area (Å²) in [5.41, 5.74) is 0. The minimum Gasteiger partial charge on any atom is -0.447 e. The largest absolute Gasteiger partial charge is 0.447 e. The first-order chi connectivity index (χ1) is 6.34. The smallest absolute Gasteiger partial charge is 0.409 e. The lowest BCUT2D eigenvalue weighted by Gasteiger charge is -2.18. The molecule has 1 amide bonds. The van der Waals surface area contributed by atoms with Crippen molar-refractivity contribution in [2.45, 2.75) is 6.42 Å². The third-order valence-electron chi connectivity index (χ3n) is 1.92. The van der Waals surface area contributed by atoms with Gasteiger partial charge < -0.3 is 20.1 Å². The Hall–Kier alpha value is -0.810. The van der Waals surface area contributed by atoms with E-state index in [1.807, 2.05) is 0 Å². The Morgan fingerprint density at radius 1 is 1.46 bits per heavy atom. The monoisotopic (exact) mass is 188 g/mol. The average molecular weight is 188 g/mol. The molecule has 1 aliphatic rings. The van der Waals surface area contributed by atoms with E-state index in [1.165, 1.54) is 0 Å². The maximum absolute atomic E-state index is 11.3. The molecular weight excluding hydrogens is 172 g/mol. The van der Waals surface area contributed by atoms with Crippen LogP contribution in [0.4, 0.5) is 4.79 Å². The topological polar surface area (TPSA) is 61.8 Å². The summed E-state index contributed by atoms with van der Waals surface area (Å²) >= 11 is 0. The van der Waals surface area contributed by atoms with Crippen LogP contribution >= 0.6 is 0 Å². The van der Waals surface area contributed by atoms with Crippen molar-refractivity contribution in [3.05, 3.63) is 0 Å². The summed E-state index contributed by atoms with van der Waals surface area (Å²) in [4.78, 5) is 12.9. The molecule has 1 saturated heterocycles. The molecule has 0 aliphatic carbocycles. The molecule has 76 valence electrons. The Morgan fingerprint density at radius 2 is 2.31 bits per heavy atom. The second kappa shape index (κ2) is 5.77. The predicted octanol–water partition coefficient (Wildman–Crippen LogP) is -0.589. The van der Waals surface area contributed by atoms with Gasteiger partial charge in [-0.05, 0) is 13.0 Å². The van der Waals surface area contributed by atoms with Crippen LogP contribution < -0.4 is 5.32 Å². The number of nitrogens with one attached hydrogen (secondary N) is 1.